The molecule has 2 aromatic rings. The zero-order valence-corrected chi connectivity index (χ0v) is 11.7. The van der Waals surface area contributed by atoms with Crippen LogP contribution in [0.25, 0.3) is 0 Å². The Morgan fingerprint density at radius 3 is 2.52 bits per heavy atom. The van der Waals surface area contributed by atoms with Crippen LogP contribution in [0.3, 0.4) is 0 Å². The third kappa shape index (κ3) is 3.55. The summed E-state index contributed by atoms with van der Waals surface area (Å²) in [5, 5.41) is 9.91. The van der Waals surface area contributed by atoms with Crippen molar-refractivity contribution in [3.63, 3.8) is 0 Å². The maximum atomic E-state index is 12.8. The number of aromatic hydroxyl groups is 1. The summed E-state index contributed by atoms with van der Waals surface area (Å²) >= 11 is 5.81. The maximum absolute atomic E-state index is 12.8. The van der Waals surface area contributed by atoms with E-state index in [0.29, 0.717) is 0 Å². The van der Waals surface area contributed by atoms with Crippen LogP contribution in [-0.2, 0) is 6.18 Å². The number of para-hydroxylation sites is 1. The minimum absolute atomic E-state index is 0.126. The van der Waals surface area contributed by atoms with Crippen LogP contribution in [-0.4, -0.2) is 11.3 Å². The van der Waals surface area contributed by atoms with Crippen LogP contribution in [0.5, 0.6) is 5.75 Å². The van der Waals surface area contributed by atoms with Gasteiger partial charge in [-0.05, 0) is 36.8 Å². The SMILES string of the molecule is Cc1cc(Cl)c(O)c(C=Nc2ccccc2C(F)(F)F)c1. The van der Waals surface area contributed by atoms with Gasteiger partial charge in [-0.3, -0.25) is 4.99 Å². The fraction of sp³-hybridized carbons (Fsp3) is 0.133. The number of aliphatic imine (C=N–C) groups is 1. The summed E-state index contributed by atoms with van der Waals surface area (Å²) in [5.41, 5.74) is -0.0261. The molecule has 0 aromatic heterocycles. The Kier molecular flexibility index (Phi) is 4.23. The molecule has 0 atom stereocenters. The first-order valence-electron chi connectivity index (χ1n) is 5.98. The second-order valence-corrected chi connectivity index (χ2v) is 4.86. The standard InChI is InChI=1S/C15H11ClF3NO/c1-9-6-10(14(21)12(16)7-9)8-20-13-5-3-2-4-11(13)15(17,18)19/h2-8,21H,1H3. The van der Waals surface area contributed by atoms with Crippen molar-refractivity contribution in [1.82, 2.24) is 0 Å². The summed E-state index contributed by atoms with van der Waals surface area (Å²) in [6.07, 6.45) is -3.32. The lowest BCUT2D eigenvalue weighted by Crippen LogP contribution is -2.04. The Bertz CT molecular complexity index is 696. The minimum Gasteiger partial charge on any atom is -0.506 e. The second-order valence-electron chi connectivity index (χ2n) is 4.46. The first-order chi connectivity index (χ1) is 9.79. The van der Waals surface area contributed by atoms with Gasteiger partial charge in [-0.1, -0.05) is 23.7 Å². The number of benzene rings is 2. The lowest BCUT2D eigenvalue weighted by Gasteiger charge is -2.09. The molecule has 0 aliphatic rings. The number of hydrogen-bond acceptors (Lipinski definition) is 2. The number of halogens is 4. The molecular formula is C15H11ClF3NO. The van der Waals surface area contributed by atoms with E-state index in [2.05, 4.69) is 4.99 Å². The maximum Gasteiger partial charge on any atom is 0.418 e. The van der Waals surface area contributed by atoms with Crippen molar-refractivity contribution in [3.8, 4) is 5.75 Å². The minimum atomic E-state index is -4.49. The van der Waals surface area contributed by atoms with E-state index in [1.54, 1.807) is 19.1 Å². The van der Waals surface area contributed by atoms with Gasteiger partial charge in [0, 0.05) is 11.8 Å². The van der Waals surface area contributed by atoms with Gasteiger partial charge in [-0.2, -0.15) is 13.2 Å². The Hall–Kier alpha value is -2.01. The van der Waals surface area contributed by atoms with Gasteiger partial charge < -0.3 is 5.11 Å². The predicted molar refractivity (Wildman–Crippen MR) is 76.6 cm³/mol. The molecule has 110 valence electrons. The van der Waals surface area contributed by atoms with Crippen molar-refractivity contribution in [1.29, 1.82) is 0 Å². The van der Waals surface area contributed by atoms with Crippen LogP contribution in [0.1, 0.15) is 16.7 Å². The number of alkyl halides is 3. The highest BCUT2D eigenvalue weighted by molar-refractivity contribution is 6.32. The Morgan fingerprint density at radius 2 is 1.86 bits per heavy atom. The number of aryl methyl sites for hydroxylation is 1. The van der Waals surface area contributed by atoms with Gasteiger partial charge in [0.25, 0.3) is 0 Å². The van der Waals surface area contributed by atoms with Crippen molar-refractivity contribution in [3.05, 3.63) is 58.1 Å². The Labute approximate surface area is 124 Å². The van der Waals surface area contributed by atoms with E-state index in [1.165, 1.54) is 24.4 Å². The average molecular weight is 314 g/mol. The first-order valence-corrected chi connectivity index (χ1v) is 6.36. The van der Waals surface area contributed by atoms with E-state index in [1.807, 2.05) is 0 Å². The largest absolute Gasteiger partial charge is 0.506 e. The molecule has 0 saturated heterocycles. The fourth-order valence-electron chi connectivity index (χ4n) is 1.82. The van der Waals surface area contributed by atoms with Gasteiger partial charge in [0.05, 0.1) is 16.3 Å². The zero-order chi connectivity index (χ0) is 15.6. The Balaban J connectivity index is 2.44. The molecule has 0 aliphatic carbocycles. The molecule has 0 fully saturated rings. The van der Waals surface area contributed by atoms with Crippen LogP contribution in [0, 0.1) is 6.92 Å². The highest BCUT2D eigenvalue weighted by atomic mass is 35.5. The number of hydrogen-bond donors (Lipinski definition) is 1. The highest BCUT2D eigenvalue weighted by Gasteiger charge is 2.32. The van der Waals surface area contributed by atoms with Gasteiger partial charge in [-0.25, -0.2) is 0 Å². The number of phenolic OH excluding ortho intramolecular Hbond substituents is 1. The lowest BCUT2D eigenvalue weighted by atomic mass is 10.1. The van der Waals surface area contributed by atoms with Gasteiger partial charge in [0.15, 0.2) is 0 Å². The van der Waals surface area contributed by atoms with E-state index in [4.69, 9.17) is 11.6 Å². The Morgan fingerprint density at radius 1 is 1.19 bits per heavy atom. The van der Waals surface area contributed by atoms with Crippen LogP contribution >= 0.6 is 11.6 Å². The first kappa shape index (κ1) is 15.4. The molecule has 0 unspecified atom stereocenters. The molecule has 2 aromatic carbocycles. The monoisotopic (exact) mass is 313 g/mol. The number of nitrogens with zero attached hydrogens (tertiary/aromatic N) is 1. The normalized spacial score (nSPS) is 12.0. The predicted octanol–water partition coefficient (Wildman–Crippen LogP) is 5.12. The van der Waals surface area contributed by atoms with Crippen LogP contribution in [0.4, 0.5) is 18.9 Å². The fourth-order valence-corrected chi connectivity index (χ4v) is 2.11. The topological polar surface area (TPSA) is 32.6 Å². The molecule has 2 nitrogen and oxygen atoms in total. The van der Waals surface area contributed by atoms with Crippen molar-refractivity contribution in [2.75, 3.05) is 0 Å². The van der Waals surface area contributed by atoms with E-state index < -0.39 is 11.7 Å². The number of phenols is 1. The molecule has 0 saturated carbocycles. The average Bonchev–Trinajstić information content (AvgIpc) is 2.40. The lowest BCUT2D eigenvalue weighted by molar-refractivity contribution is -0.137. The van der Waals surface area contributed by atoms with E-state index in [0.717, 1.165) is 11.6 Å². The van der Waals surface area contributed by atoms with E-state index >= 15 is 0 Å². The van der Waals surface area contributed by atoms with E-state index in [-0.39, 0.29) is 22.0 Å². The van der Waals surface area contributed by atoms with Gasteiger partial charge >= 0.3 is 6.18 Å². The molecule has 1 N–H and O–H groups in total. The zero-order valence-electron chi connectivity index (χ0n) is 10.9. The molecule has 0 amide bonds. The third-order valence-corrected chi connectivity index (χ3v) is 3.08. The summed E-state index contributed by atoms with van der Waals surface area (Å²) in [7, 11) is 0. The number of rotatable bonds is 2. The van der Waals surface area contributed by atoms with Crippen molar-refractivity contribution >= 4 is 23.5 Å². The molecular weight excluding hydrogens is 303 g/mol. The summed E-state index contributed by atoms with van der Waals surface area (Å²) in [5.74, 6) is -0.212. The molecule has 0 aliphatic heterocycles. The molecule has 0 heterocycles. The summed E-state index contributed by atoms with van der Waals surface area (Å²) in [6, 6.07) is 8.11. The molecule has 6 heteroatoms. The van der Waals surface area contributed by atoms with Crippen LogP contribution in [0.2, 0.25) is 5.02 Å². The van der Waals surface area contributed by atoms with Crippen molar-refractivity contribution in [2.45, 2.75) is 13.1 Å². The van der Waals surface area contributed by atoms with Gasteiger partial charge in [-0.15, -0.1) is 0 Å². The van der Waals surface area contributed by atoms with Crippen LogP contribution < -0.4 is 0 Å². The second kappa shape index (κ2) is 5.77. The molecule has 21 heavy (non-hydrogen) atoms. The summed E-state index contributed by atoms with van der Waals surface area (Å²) in [6.45, 7) is 1.76. The van der Waals surface area contributed by atoms with E-state index in [9.17, 15) is 18.3 Å². The highest BCUT2D eigenvalue weighted by Crippen LogP contribution is 2.36. The molecule has 2 rings (SSSR count). The van der Waals surface area contributed by atoms with Crippen molar-refractivity contribution < 1.29 is 18.3 Å². The van der Waals surface area contributed by atoms with Gasteiger partial charge in [0.2, 0.25) is 0 Å². The van der Waals surface area contributed by atoms with Gasteiger partial charge in [0.1, 0.15) is 5.75 Å². The molecule has 0 bridgehead atoms. The molecule has 0 radical (unpaired) electrons. The smallest absolute Gasteiger partial charge is 0.418 e. The van der Waals surface area contributed by atoms with Crippen molar-refractivity contribution in [2.24, 2.45) is 4.99 Å². The summed E-state index contributed by atoms with van der Waals surface area (Å²) in [4.78, 5) is 3.82. The molecule has 0 spiro atoms. The van der Waals surface area contributed by atoms with Crippen LogP contribution in [0.15, 0.2) is 41.4 Å². The summed E-state index contributed by atoms with van der Waals surface area (Å²) < 4.78 is 38.5. The quantitative estimate of drug-likeness (QED) is 0.766. The third-order valence-electron chi connectivity index (χ3n) is 2.79.